The molecular formula is C15H18ClN5O4. The van der Waals surface area contributed by atoms with Gasteiger partial charge in [0.25, 0.3) is 0 Å². The summed E-state index contributed by atoms with van der Waals surface area (Å²) in [6, 6.07) is 1.64. The van der Waals surface area contributed by atoms with E-state index in [-0.39, 0.29) is 31.3 Å². The molecule has 0 amide bonds. The molecule has 0 aromatic carbocycles. The van der Waals surface area contributed by atoms with Gasteiger partial charge in [-0.05, 0) is 6.07 Å². The molecule has 2 saturated heterocycles. The lowest BCUT2D eigenvalue weighted by Crippen LogP contribution is -2.27. The van der Waals surface area contributed by atoms with Gasteiger partial charge >= 0.3 is 0 Å². The topological polar surface area (TPSA) is 126 Å². The van der Waals surface area contributed by atoms with Crippen molar-refractivity contribution in [2.24, 2.45) is 0 Å². The van der Waals surface area contributed by atoms with Crippen LogP contribution in [0.25, 0.3) is 10.9 Å². The van der Waals surface area contributed by atoms with E-state index in [9.17, 15) is 20.4 Å². The zero-order valence-electron chi connectivity index (χ0n) is 13.2. The van der Waals surface area contributed by atoms with Gasteiger partial charge in [-0.3, -0.25) is 0 Å². The van der Waals surface area contributed by atoms with E-state index in [4.69, 9.17) is 11.6 Å². The highest BCUT2D eigenvalue weighted by Crippen LogP contribution is 2.31. The van der Waals surface area contributed by atoms with Gasteiger partial charge in [0.05, 0.1) is 36.1 Å². The second-order valence-corrected chi connectivity index (χ2v) is 6.84. The Hall–Kier alpha value is -1.78. The van der Waals surface area contributed by atoms with Crippen molar-refractivity contribution in [1.29, 1.82) is 0 Å². The fraction of sp³-hybridized carbons (Fsp3) is 0.533. The van der Waals surface area contributed by atoms with Crippen LogP contribution in [-0.4, -0.2) is 86.0 Å². The zero-order valence-corrected chi connectivity index (χ0v) is 14.0. The number of β-amino-alcohol motifs (C(OH)–C–C–N with tert-alkyl or cyclic N) is 4. The van der Waals surface area contributed by atoms with Crippen molar-refractivity contribution in [3.8, 4) is 0 Å². The third-order valence-electron chi connectivity index (χ3n) is 4.62. The van der Waals surface area contributed by atoms with Crippen molar-refractivity contribution < 1.29 is 20.4 Å². The highest BCUT2D eigenvalue weighted by Gasteiger charge is 2.34. The zero-order chi connectivity index (χ0) is 17.7. The predicted molar refractivity (Wildman–Crippen MR) is 90.8 cm³/mol. The van der Waals surface area contributed by atoms with E-state index < -0.39 is 24.4 Å². The highest BCUT2D eigenvalue weighted by molar-refractivity contribution is 6.30. The molecular weight excluding hydrogens is 350 g/mol. The lowest BCUT2D eigenvalue weighted by molar-refractivity contribution is 0.0572. The Bertz CT molecular complexity index is 789. The van der Waals surface area contributed by atoms with Crippen LogP contribution < -0.4 is 9.80 Å². The molecule has 4 atom stereocenters. The lowest BCUT2D eigenvalue weighted by atomic mass is 10.2. The van der Waals surface area contributed by atoms with Gasteiger partial charge in [0.1, 0.15) is 11.0 Å². The van der Waals surface area contributed by atoms with E-state index in [1.165, 1.54) is 6.20 Å². The number of aromatic nitrogens is 3. The minimum absolute atomic E-state index is 0.221. The standard InChI is InChI=1S/C15H18ClN5O4/c16-13-1-7-8(2-17-13)18-15(21-5-11(24)12(25)6-21)19-14(7)20-3-9(22)10(23)4-20/h1-2,9-12,22-25H,3-6H2/t9-,10+,11-,12+. The smallest absolute Gasteiger partial charge is 0.228 e. The van der Waals surface area contributed by atoms with E-state index in [1.807, 2.05) is 0 Å². The van der Waals surface area contributed by atoms with Gasteiger partial charge in [0.15, 0.2) is 0 Å². The molecule has 0 bridgehead atoms. The first-order valence-electron chi connectivity index (χ1n) is 7.98. The minimum atomic E-state index is -0.860. The van der Waals surface area contributed by atoms with Gasteiger partial charge in [-0.2, -0.15) is 4.98 Å². The number of nitrogens with zero attached hydrogens (tertiary/aromatic N) is 5. The summed E-state index contributed by atoms with van der Waals surface area (Å²) >= 11 is 6.00. The molecule has 10 heteroatoms. The van der Waals surface area contributed by atoms with Gasteiger partial charge < -0.3 is 30.2 Å². The normalized spacial score (nSPS) is 29.8. The third-order valence-corrected chi connectivity index (χ3v) is 4.82. The molecule has 0 aliphatic carbocycles. The molecule has 25 heavy (non-hydrogen) atoms. The fourth-order valence-electron chi connectivity index (χ4n) is 3.24. The van der Waals surface area contributed by atoms with Crippen molar-refractivity contribution in [3.63, 3.8) is 0 Å². The van der Waals surface area contributed by atoms with E-state index in [0.717, 1.165) is 0 Å². The Morgan fingerprint density at radius 2 is 1.44 bits per heavy atom. The first-order valence-corrected chi connectivity index (χ1v) is 8.35. The number of aliphatic hydroxyl groups is 4. The molecule has 2 fully saturated rings. The summed E-state index contributed by atoms with van der Waals surface area (Å²) in [5.41, 5.74) is 0.552. The Morgan fingerprint density at radius 3 is 2.04 bits per heavy atom. The summed E-state index contributed by atoms with van der Waals surface area (Å²) in [5, 5.41) is 40.2. The highest BCUT2D eigenvalue weighted by atomic mass is 35.5. The molecule has 9 nitrogen and oxygen atoms in total. The lowest BCUT2D eigenvalue weighted by Gasteiger charge is -2.22. The van der Waals surface area contributed by atoms with E-state index in [1.54, 1.807) is 15.9 Å². The molecule has 0 spiro atoms. The summed E-state index contributed by atoms with van der Waals surface area (Å²) in [6.07, 6.45) is -1.91. The summed E-state index contributed by atoms with van der Waals surface area (Å²) in [5.74, 6) is 0.869. The van der Waals surface area contributed by atoms with E-state index >= 15 is 0 Å². The average Bonchev–Trinajstić information content (AvgIpc) is 3.09. The molecule has 2 aromatic heterocycles. The first kappa shape index (κ1) is 16.7. The van der Waals surface area contributed by atoms with Gasteiger partial charge in [0, 0.05) is 31.6 Å². The molecule has 0 unspecified atom stereocenters. The Balaban J connectivity index is 1.80. The molecule has 0 saturated carbocycles. The van der Waals surface area contributed by atoms with Crippen LogP contribution in [0.4, 0.5) is 11.8 Å². The monoisotopic (exact) mass is 367 g/mol. The maximum absolute atomic E-state index is 9.86. The molecule has 2 aliphatic rings. The third kappa shape index (κ3) is 2.98. The van der Waals surface area contributed by atoms with Crippen LogP contribution in [0.1, 0.15) is 0 Å². The molecule has 134 valence electrons. The first-order chi connectivity index (χ1) is 11.9. The van der Waals surface area contributed by atoms with Crippen molar-refractivity contribution in [2.45, 2.75) is 24.4 Å². The number of halogens is 1. The van der Waals surface area contributed by atoms with E-state index in [2.05, 4.69) is 15.0 Å². The second kappa shape index (κ2) is 6.19. The van der Waals surface area contributed by atoms with Crippen molar-refractivity contribution in [3.05, 3.63) is 17.4 Å². The maximum Gasteiger partial charge on any atom is 0.228 e. The molecule has 4 rings (SSSR count). The van der Waals surface area contributed by atoms with Crippen LogP contribution in [0.3, 0.4) is 0 Å². The summed E-state index contributed by atoms with van der Waals surface area (Å²) in [4.78, 5) is 16.5. The van der Waals surface area contributed by atoms with Gasteiger partial charge in [-0.1, -0.05) is 11.6 Å². The Kier molecular flexibility index (Phi) is 4.13. The molecule has 0 radical (unpaired) electrons. The largest absolute Gasteiger partial charge is 0.389 e. The Labute approximate surface area is 148 Å². The molecule has 2 aliphatic heterocycles. The quantitative estimate of drug-likeness (QED) is 0.482. The number of pyridine rings is 1. The Morgan fingerprint density at radius 1 is 0.880 bits per heavy atom. The predicted octanol–water partition coefficient (Wildman–Crippen LogP) is -1.24. The SMILES string of the molecule is O[C@@H]1CN(c2nc(N3C[C@@H](O)[C@@H](O)C3)c3cc(Cl)ncc3n2)C[C@@H]1O. The number of hydrogen-bond donors (Lipinski definition) is 4. The van der Waals surface area contributed by atoms with E-state index in [0.29, 0.717) is 22.7 Å². The average molecular weight is 368 g/mol. The van der Waals surface area contributed by atoms with Gasteiger partial charge in [0.2, 0.25) is 5.95 Å². The van der Waals surface area contributed by atoms with Gasteiger partial charge in [-0.15, -0.1) is 0 Å². The van der Waals surface area contributed by atoms with Crippen LogP contribution in [0.2, 0.25) is 5.15 Å². The number of hydrogen-bond acceptors (Lipinski definition) is 9. The van der Waals surface area contributed by atoms with Crippen LogP contribution in [0.5, 0.6) is 0 Å². The minimum Gasteiger partial charge on any atom is -0.389 e. The molecule has 2 aromatic rings. The van der Waals surface area contributed by atoms with Crippen LogP contribution in [0.15, 0.2) is 12.3 Å². The van der Waals surface area contributed by atoms with Crippen LogP contribution in [-0.2, 0) is 0 Å². The molecule has 4 heterocycles. The van der Waals surface area contributed by atoms with Crippen LogP contribution >= 0.6 is 11.6 Å². The fourth-order valence-corrected chi connectivity index (χ4v) is 3.39. The van der Waals surface area contributed by atoms with Crippen molar-refractivity contribution >= 4 is 34.3 Å². The molecule has 4 N–H and O–H groups in total. The maximum atomic E-state index is 9.86. The van der Waals surface area contributed by atoms with Crippen LogP contribution in [0, 0.1) is 0 Å². The number of rotatable bonds is 2. The number of fused-ring (bicyclic) bond motifs is 1. The second-order valence-electron chi connectivity index (χ2n) is 6.45. The number of aliphatic hydroxyl groups excluding tert-OH is 4. The van der Waals surface area contributed by atoms with Crippen molar-refractivity contribution in [2.75, 3.05) is 36.0 Å². The summed E-state index contributed by atoms with van der Waals surface area (Å²) in [7, 11) is 0. The summed E-state index contributed by atoms with van der Waals surface area (Å²) in [6.45, 7) is 0.909. The van der Waals surface area contributed by atoms with Gasteiger partial charge in [-0.25, -0.2) is 9.97 Å². The number of anilines is 2. The van der Waals surface area contributed by atoms with Crippen molar-refractivity contribution in [1.82, 2.24) is 15.0 Å². The summed E-state index contributed by atoms with van der Waals surface area (Å²) < 4.78 is 0.